The molecule has 0 bridgehead atoms. The fraction of sp³-hybridized carbons (Fsp3) is 0.0769. The molecule has 18 heavy (non-hydrogen) atoms. The van der Waals surface area contributed by atoms with Gasteiger partial charge in [-0.2, -0.15) is 5.10 Å². The second-order valence-corrected chi connectivity index (χ2v) is 5.18. The van der Waals surface area contributed by atoms with Gasteiger partial charge in [-0.3, -0.25) is 0 Å². The molecule has 3 rings (SSSR count). The quantitative estimate of drug-likeness (QED) is 0.767. The number of aromatic nitrogens is 3. The molecule has 0 saturated heterocycles. The maximum Gasteiger partial charge on any atom is 0.127 e. The van der Waals surface area contributed by atoms with Crippen LogP contribution in [0, 0.1) is 6.92 Å². The zero-order valence-electron chi connectivity index (χ0n) is 9.87. The number of nitrogens with two attached hydrogens (primary N) is 1. The highest BCUT2D eigenvalue weighted by Gasteiger charge is 2.10. The number of rotatable bonds is 2. The molecule has 1 aromatic carbocycles. The Hall–Kier alpha value is -2.14. The van der Waals surface area contributed by atoms with Crippen molar-refractivity contribution in [1.29, 1.82) is 0 Å². The van der Waals surface area contributed by atoms with E-state index < -0.39 is 0 Å². The average Bonchev–Trinajstić information content (AvgIpc) is 2.97. The minimum absolute atomic E-state index is 0.627. The summed E-state index contributed by atoms with van der Waals surface area (Å²) in [4.78, 5) is 5.27. The van der Waals surface area contributed by atoms with Gasteiger partial charge in [-0.25, -0.2) is 9.67 Å². The van der Waals surface area contributed by atoms with Crippen LogP contribution in [0.2, 0.25) is 0 Å². The standard InChI is InChI=1S/C13H12N4S/c1-9-15-8-12(18-9)11-7-13(14)17(16-11)10-5-3-2-4-6-10/h2-8H,14H2,1H3. The van der Waals surface area contributed by atoms with Gasteiger partial charge in [-0.05, 0) is 19.1 Å². The number of benzene rings is 1. The summed E-state index contributed by atoms with van der Waals surface area (Å²) in [6.07, 6.45) is 1.83. The Labute approximate surface area is 109 Å². The Bertz CT molecular complexity index is 669. The van der Waals surface area contributed by atoms with E-state index in [1.807, 2.05) is 49.5 Å². The average molecular weight is 256 g/mol. The monoisotopic (exact) mass is 256 g/mol. The van der Waals surface area contributed by atoms with Crippen LogP contribution in [0.25, 0.3) is 16.3 Å². The van der Waals surface area contributed by atoms with Gasteiger partial charge in [-0.15, -0.1) is 11.3 Å². The van der Waals surface area contributed by atoms with Crippen LogP contribution in [0.1, 0.15) is 5.01 Å². The second kappa shape index (κ2) is 4.27. The van der Waals surface area contributed by atoms with E-state index in [4.69, 9.17) is 5.73 Å². The van der Waals surface area contributed by atoms with E-state index in [0.717, 1.165) is 21.3 Å². The molecule has 0 fully saturated rings. The number of anilines is 1. The Balaban J connectivity index is 2.06. The first-order valence-corrected chi connectivity index (χ1v) is 6.39. The van der Waals surface area contributed by atoms with Gasteiger partial charge in [0.15, 0.2) is 0 Å². The van der Waals surface area contributed by atoms with Crippen molar-refractivity contribution in [2.45, 2.75) is 6.92 Å². The van der Waals surface area contributed by atoms with Gasteiger partial charge in [0.2, 0.25) is 0 Å². The Morgan fingerprint density at radius 3 is 2.67 bits per heavy atom. The number of para-hydroxylation sites is 1. The smallest absolute Gasteiger partial charge is 0.127 e. The highest BCUT2D eigenvalue weighted by Crippen LogP contribution is 2.27. The van der Waals surface area contributed by atoms with Crippen molar-refractivity contribution in [3.05, 3.63) is 47.6 Å². The van der Waals surface area contributed by atoms with Crippen molar-refractivity contribution >= 4 is 17.2 Å². The molecule has 2 aromatic heterocycles. The first-order chi connectivity index (χ1) is 8.74. The van der Waals surface area contributed by atoms with Gasteiger partial charge < -0.3 is 5.73 Å². The van der Waals surface area contributed by atoms with E-state index in [0.29, 0.717) is 5.82 Å². The van der Waals surface area contributed by atoms with Gasteiger partial charge in [0.1, 0.15) is 11.5 Å². The summed E-state index contributed by atoms with van der Waals surface area (Å²) in [5, 5.41) is 5.55. The van der Waals surface area contributed by atoms with Crippen molar-refractivity contribution in [3.8, 4) is 16.3 Å². The summed E-state index contributed by atoms with van der Waals surface area (Å²) in [7, 11) is 0. The molecule has 0 aliphatic heterocycles. The van der Waals surface area contributed by atoms with Gasteiger partial charge in [0, 0.05) is 12.3 Å². The van der Waals surface area contributed by atoms with Crippen LogP contribution in [-0.4, -0.2) is 14.8 Å². The number of thiazole rings is 1. The molecule has 90 valence electrons. The van der Waals surface area contributed by atoms with Crippen LogP contribution >= 0.6 is 11.3 Å². The summed E-state index contributed by atoms with van der Waals surface area (Å²) in [6, 6.07) is 11.7. The van der Waals surface area contributed by atoms with E-state index in [9.17, 15) is 0 Å². The third kappa shape index (κ3) is 1.89. The molecule has 0 unspecified atom stereocenters. The molecule has 4 nitrogen and oxygen atoms in total. The molecule has 0 radical (unpaired) electrons. The molecular weight excluding hydrogens is 244 g/mol. The molecule has 0 aliphatic carbocycles. The third-order valence-electron chi connectivity index (χ3n) is 2.61. The van der Waals surface area contributed by atoms with Crippen LogP contribution in [0.4, 0.5) is 5.82 Å². The largest absolute Gasteiger partial charge is 0.384 e. The van der Waals surface area contributed by atoms with E-state index in [1.54, 1.807) is 16.0 Å². The van der Waals surface area contributed by atoms with Gasteiger partial charge in [-0.1, -0.05) is 18.2 Å². The lowest BCUT2D eigenvalue weighted by Crippen LogP contribution is -2.00. The van der Waals surface area contributed by atoms with E-state index in [2.05, 4.69) is 10.1 Å². The summed E-state index contributed by atoms with van der Waals surface area (Å²) in [5.74, 6) is 0.627. The van der Waals surface area contributed by atoms with Crippen LogP contribution < -0.4 is 5.73 Å². The van der Waals surface area contributed by atoms with Gasteiger partial charge in [0.25, 0.3) is 0 Å². The maximum absolute atomic E-state index is 6.00. The fourth-order valence-electron chi connectivity index (χ4n) is 1.77. The number of hydrogen-bond acceptors (Lipinski definition) is 4. The molecule has 2 heterocycles. The minimum Gasteiger partial charge on any atom is -0.384 e. The summed E-state index contributed by atoms with van der Waals surface area (Å²) < 4.78 is 1.74. The summed E-state index contributed by atoms with van der Waals surface area (Å²) in [5.41, 5.74) is 7.83. The van der Waals surface area contributed by atoms with Gasteiger partial charge in [0.05, 0.1) is 15.6 Å². The Kier molecular flexibility index (Phi) is 2.60. The molecule has 0 atom stereocenters. The first-order valence-electron chi connectivity index (χ1n) is 5.58. The van der Waals surface area contributed by atoms with Crippen molar-refractivity contribution < 1.29 is 0 Å². The topological polar surface area (TPSA) is 56.7 Å². The van der Waals surface area contributed by atoms with Crippen molar-refractivity contribution in [3.63, 3.8) is 0 Å². The Morgan fingerprint density at radius 2 is 2.00 bits per heavy atom. The lowest BCUT2D eigenvalue weighted by atomic mass is 10.3. The lowest BCUT2D eigenvalue weighted by molar-refractivity contribution is 0.896. The molecule has 0 aliphatic rings. The van der Waals surface area contributed by atoms with Crippen molar-refractivity contribution in [2.24, 2.45) is 0 Å². The SMILES string of the molecule is Cc1ncc(-c2cc(N)n(-c3ccccc3)n2)s1. The predicted octanol–water partition coefficient (Wildman–Crippen LogP) is 2.89. The highest BCUT2D eigenvalue weighted by atomic mass is 32.1. The van der Waals surface area contributed by atoms with Crippen LogP contribution in [0.3, 0.4) is 0 Å². The number of aryl methyl sites for hydroxylation is 1. The molecule has 2 N–H and O–H groups in total. The summed E-state index contributed by atoms with van der Waals surface area (Å²) >= 11 is 1.62. The van der Waals surface area contributed by atoms with Gasteiger partial charge >= 0.3 is 0 Å². The highest BCUT2D eigenvalue weighted by molar-refractivity contribution is 7.15. The molecule has 3 aromatic rings. The normalized spacial score (nSPS) is 10.7. The van der Waals surface area contributed by atoms with Crippen molar-refractivity contribution in [1.82, 2.24) is 14.8 Å². The number of nitrogen functional groups attached to an aromatic ring is 1. The Morgan fingerprint density at radius 1 is 1.22 bits per heavy atom. The zero-order chi connectivity index (χ0) is 12.5. The predicted molar refractivity (Wildman–Crippen MR) is 73.8 cm³/mol. The second-order valence-electron chi connectivity index (χ2n) is 3.95. The van der Waals surface area contributed by atoms with Crippen LogP contribution in [0.5, 0.6) is 0 Å². The molecule has 0 spiro atoms. The maximum atomic E-state index is 6.00. The van der Waals surface area contributed by atoms with E-state index in [1.165, 1.54) is 0 Å². The van der Waals surface area contributed by atoms with E-state index >= 15 is 0 Å². The van der Waals surface area contributed by atoms with Crippen LogP contribution in [0.15, 0.2) is 42.6 Å². The molecule has 5 heteroatoms. The molecule has 0 amide bonds. The van der Waals surface area contributed by atoms with Crippen LogP contribution in [-0.2, 0) is 0 Å². The lowest BCUT2D eigenvalue weighted by Gasteiger charge is -2.02. The molecular formula is C13H12N4S. The van der Waals surface area contributed by atoms with Crippen molar-refractivity contribution in [2.75, 3.05) is 5.73 Å². The number of hydrogen-bond donors (Lipinski definition) is 1. The number of nitrogens with zero attached hydrogens (tertiary/aromatic N) is 3. The summed E-state index contributed by atoms with van der Waals surface area (Å²) in [6.45, 7) is 1.98. The fourth-order valence-corrected chi connectivity index (χ4v) is 2.51. The first kappa shape index (κ1) is 11.0. The molecule has 0 saturated carbocycles. The third-order valence-corrected chi connectivity index (χ3v) is 3.55. The minimum atomic E-state index is 0.627. The van der Waals surface area contributed by atoms with E-state index in [-0.39, 0.29) is 0 Å². The zero-order valence-corrected chi connectivity index (χ0v) is 10.7.